The molecule has 0 spiro atoms. The Morgan fingerprint density at radius 1 is 1.32 bits per heavy atom. The standard InChI is InChI=1S/C14H22N4O/c15-11-12-4-3-5-13(10-12)17-14(19)16-6-9-18-7-1-2-8-18/h3-5,10H,1-2,6-9,11,15H2,(H2,16,17,19). The molecule has 1 aromatic carbocycles. The van der Waals surface area contributed by atoms with Crippen molar-refractivity contribution in [1.29, 1.82) is 0 Å². The molecule has 104 valence electrons. The van der Waals surface area contributed by atoms with Crippen LogP contribution in [-0.2, 0) is 6.54 Å². The van der Waals surface area contributed by atoms with Crippen LogP contribution in [0.2, 0.25) is 0 Å². The van der Waals surface area contributed by atoms with Gasteiger partial charge in [0.05, 0.1) is 0 Å². The zero-order valence-electron chi connectivity index (χ0n) is 11.2. The summed E-state index contributed by atoms with van der Waals surface area (Å²) in [5.74, 6) is 0. The van der Waals surface area contributed by atoms with Gasteiger partial charge in [0.2, 0.25) is 0 Å². The fourth-order valence-corrected chi connectivity index (χ4v) is 2.29. The summed E-state index contributed by atoms with van der Waals surface area (Å²) >= 11 is 0. The van der Waals surface area contributed by atoms with Gasteiger partial charge in [-0.3, -0.25) is 0 Å². The van der Waals surface area contributed by atoms with Crippen molar-refractivity contribution in [3.8, 4) is 0 Å². The van der Waals surface area contributed by atoms with Gasteiger partial charge in [0, 0.05) is 25.3 Å². The number of benzene rings is 1. The van der Waals surface area contributed by atoms with E-state index in [0.29, 0.717) is 13.1 Å². The Morgan fingerprint density at radius 2 is 2.11 bits per heavy atom. The first kappa shape index (κ1) is 13.8. The van der Waals surface area contributed by atoms with Gasteiger partial charge in [-0.05, 0) is 43.6 Å². The molecule has 0 unspecified atom stereocenters. The highest BCUT2D eigenvalue weighted by atomic mass is 16.2. The highest BCUT2D eigenvalue weighted by molar-refractivity contribution is 5.89. The lowest BCUT2D eigenvalue weighted by Gasteiger charge is -2.15. The molecule has 5 nitrogen and oxygen atoms in total. The second kappa shape index (κ2) is 7.11. The minimum atomic E-state index is -0.159. The number of hydrogen-bond donors (Lipinski definition) is 3. The van der Waals surface area contributed by atoms with E-state index in [2.05, 4.69) is 15.5 Å². The average Bonchev–Trinajstić information content (AvgIpc) is 2.92. The molecule has 0 saturated carbocycles. The van der Waals surface area contributed by atoms with Crippen LogP contribution in [0, 0.1) is 0 Å². The van der Waals surface area contributed by atoms with E-state index in [1.54, 1.807) is 0 Å². The Hall–Kier alpha value is -1.59. The molecule has 2 amide bonds. The third kappa shape index (κ3) is 4.54. The lowest BCUT2D eigenvalue weighted by Crippen LogP contribution is -2.35. The Kier molecular flexibility index (Phi) is 5.18. The fraction of sp³-hybridized carbons (Fsp3) is 0.500. The molecule has 1 aromatic rings. The second-order valence-corrected chi connectivity index (χ2v) is 4.83. The number of carbonyl (C=O) groups excluding carboxylic acids is 1. The van der Waals surface area contributed by atoms with Gasteiger partial charge in [0.25, 0.3) is 0 Å². The van der Waals surface area contributed by atoms with Gasteiger partial charge in [0.15, 0.2) is 0 Å². The Balaban J connectivity index is 1.70. The summed E-state index contributed by atoms with van der Waals surface area (Å²) in [7, 11) is 0. The minimum absolute atomic E-state index is 0.159. The summed E-state index contributed by atoms with van der Waals surface area (Å²) in [5, 5.41) is 5.69. The van der Waals surface area contributed by atoms with Gasteiger partial charge >= 0.3 is 6.03 Å². The summed E-state index contributed by atoms with van der Waals surface area (Å²) in [6.45, 7) is 4.40. The van der Waals surface area contributed by atoms with E-state index in [-0.39, 0.29) is 6.03 Å². The van der Waals surface area contributed by atoms with E-state index in [1.807, 2.05) is 24.3 Å². The Morgan fingerprint density at radius 3 is 2.84 bits per heavy atom. The van der Waals surface area contributed by atoms with Gasteiger partial charge < -0.3 is 21.3 Å². The molecule has 19 heavy (non-hydrogen) atoms. The Labute approximate surface area is 114 Å². The van der Waals surface area contributed by atoms with Crippen LogP contribution >= 0.6 is 0 Å². The summed E-state index contributed by atoms with van der Waals surface area (Å²) < 4.78 is 0. The molecular weight excluding hydrogens is 240 g/mol. The molecule has 1 saturated heterocycles. The van der Waals surface area contributed by atoms with E-state index < -0.39 is 0 Å². The van der Waals surface area contributed by atoms with Crippen LogP contribution in [0.15, 0.2) is 24.3 Å². The number of nitrogens with zero attached hydrogens (tertiary/aromatic N) is 1. The summed E-state index contributed by atoms with van der Waals surface area (Å²) in [6, 6.07) is 7.42. The highest BCUT2D eigenvalue weighted by Crippen LogP contribution is 2.09. The second-order valence-electron chi connectivity index (χ2n) is 4.83. The number of likely N-dealkylation sites (tertiary alicyclic amines) is 1. The molecule has 1 heterocycles. The number of anilines is 1. The monoisotopic (exact) mass is 262 g/mol. The molecule has 0 aromatic heterocycles. The average molecular weight is 262 g/mol. The van der Waals surface area contributed by atoms with Crippen LogP contribution in [-0.4, -0.2) is 37.1 Å². The quantitative estimate of drug-likeness (QED) is 0.750. The van der Waals surface area contributed by atoms with Gasteiger partial charge in [-0.2, -0.15) is 0 Å². The molecule has 0 bridgehead atoms. The van der Waals surface area contributed by atoms with E-state index in [9.17, 15) is 4.79 Å². The summed E-state index contributed by atoms with van der Waals surface area (Å²) in [4.78, 5) is 14.1. The SMILES string of the molecule is NCc1cccc(NC(=O)NCCN2CCCC2)c1. The highest BCUT2D eigenvalue weighted by Gasteiger charge is 2.10. The van der Waals surface area contributed by atoms with E-state index >= 15 is 0 Å². The number of nitrogens with two attached hydrogens (primary N) is 1. The number of amides is 2. The summed E-state index contributed by atoms with van der Waals surface area (Å²) in [6.07, 6.45) is 2.55. The van der Waals surface area contributed by atoms with E-state index in [4.69, 9.17) is 5.73 Å². The molecule has 0 aliphatic carbocycles. The number of carbonyl (C=O) groups is 1. The van der Waals surface area contributed by atoms with E-state index in [0.717, 1.165) is 30.9 Å². The van der Waals surface area contributed by atoms with Crippen LogP contribution < -0.4 is 16.4 Å². The predicted molar refractivity (Wildman–Crippen MR) is 77.0 cm³/mol. The maximum Gasteiger partial charge on any atom is 0.319 e. The van der Waals surface area contributed by atoms with Crippen molar-refractivity contribution in [3.05, 3.63) is 29.8 Å². The van der Waals surface area contributed by atoms with Crippen LogP contribution in [0.4, 0.5) is 10.5 Å². The van der Waals surface area contributed by atoms with Gasteiger partial charge in [-0.25, -0.2) is 4.79 Å². The zero-order valence-corrected chi connectivity index (χ0v) is 11.2. The first-order chi connectivity index (χ1) is 9.28. The molecule has 1 aliphatic heterocycles. The maximum atomic E-state index is 11.7. The molecule has 1 aliphatic rings. The number of rotatable bonds is 5. The smallest absolute Gasteiger partial charge is 0.319 e. The van der Waals surface area contributed by atoms with Crippen molar-refractivity contribution < 1.29 is 4.79 Å². The molecule has 5 heteroatoms. The molecular formula is C14H22N4O. The predicted octanol–water partition coefficient (Wildman–Crippen LogP) is 1.36. The lowest BCUT2D eigenvalue weighted by molar-refractivity contribution is 0.249. The fourth-order valence-electron chi connectivity index (χ4n) is 2.29. The van der Waals surface area contributed by atoms with Gasteiger partial charge in [0.1, 0.15) is 0 Å². The van der Waals surface area contributed by atoms with E-state index in [1.165, 1.54) is 12.8 Å². The van der Waals surface area contributed by atoms with Crippen molar-refractivity contribution in [3.63, 3.8) is 0 Å². The van der Waals surface area contributed by atoms with Gasteiger partial charge in [-0.1, -0.05) is 12.1 Å². The number of hydrogen-bond acceptors (Lipinski definition) is 3. The van der Waals surface area contributed by atoms with Gasteiger partial charge in [-0.15, -0.1) is 0 Å². The van der Waals surface area contributed by atoms with Crippen molar-refractivity contribution in [2.24, 2.45) is 5.73 Å². The van der Waals surface area contributed by atoms with Crippen LogP contribution in [0.25, 0.3) is 0 Å². The van der Waals surface area contributed by atoms with Crippen LogP contribution in [0.3, 0.4) is 0 Å². The first-order valence-electron chi connectivity index (χ1n) is 6.84. The molecule has 0 atom stereocenters. The number of urea groups is 1. The Bertz CT molecular complexity index is 416. The maximum absolute atomic E-state index is 11.7. The molecule has 0 radical (unpaired) electrons. The third-order valence-electron chi connectivity index (χ3n) is 3.33. The topological polar surface area (TPSA) is 70.4 Å². The first-order valence-corrected chi connectivity index (χ1v) is 6.84. The molecule has 1 fully saturated rings. The van der Waals surface area contributed by atoms with Crippen LogP contribution in [0.1, 0.15) is 18.4 Å². The van der Waals surface area contributed by atoms with Crippen molar-refractivity contribution in [1.82, 2.24) is 10.2 Å². The zero-order chi connectivity index (χ0) is 13.5. The number of nitrogens with one attached hydrogen (secondary N) is 2. The van der Waals surface area contributed by atoms with Crippen molar-refractivity contribution in [2.45, 2.75) is 19.4 Å². The van der Waals surface area contributed by atoms with Crippen molar-refractivity contribution >= 4 is 11.7 Å². The minimum Gasteiger partial charge on any atom is -0.337 e. The molecule has 4 N–H and O–H groups in total. The normalized spacial score (nSPS) is 15.4. The lowest BCUT2D eigenvalue weighted by atomic mass is 10.2. The third-order valence-corrected chi connectivity index (χ3v) is 3.33. The van der Waals surface area contributed by atoms with Crippen LogP contribution in [0.5, 0.6) is 0 Å². The van der Waals surface area contributed by atoms with Crippen molar-refractivity contribution in [2.75, 3.05) is 31.5 Å². The largest absolute Gasteiger partial charge is 0.337 e. The molecule has 2 rings (SSSR count). The summed E-state index contributed by atoms with van der Waals surface area (Å²) in [5.41, 5.74) is 7.35.